The molecule has 1 aliphatic heterocycles. The second-order valence-electron chi connectivity index (χ2n) is 6.02. The maximum atomic E-state index is 12.4. The second-order valence-corrected chi connectivity index (χ2v) is 6.86. The van der Waals surface area contributed by atoms with E-state index in [1.54, 1.807) is 12.1 Å². The van der Waals surface area contributed by atoms with Gasteiger partial charge in [-0.1, -0.05) is 53.5 Å². The summed E-state index contributed by atoms with van der Waals surface area (Å²) in [5.74, 6) is -1.47. The molecular weight excluding hydrogens is 412 g/mol. The summed E-state index contributed by atoms with van der Waals surface area (Å²) in [7, 11) is 0. The molecule has 1 aromatic heterocycles. The molecule has 1 amide bonds. The fourth-order valence-electron chi connectivity index (χ4n) is 3.30. The van der Waals surface area contributed by atoms with Crippen LogP contribution in [0.2, 0.25) is 10.0 Å². The van der Waals surface area contributed by atoms with Crippen molar-refractivity contribution in [1.29, 1.82) is 0 Å². The van der Waals surface area contributed by atoms with Gasteiger partial charge < -0.3 is 11.5 Å². The van der Waals surface area contributed by atoms with E-state index in [0.29, 0.717) is 43.2 Å². The molecule has 0 radical (unpaired) electrons. The van der Waals surface area contributed by atoms with Crippen LogP contribution in [0.5, 0.6) is 0 Å². The number of benzene rings is 2. The zero-order valence-electron chi connectivity index (χ0n) is 15.8. The van der Waals surface area contributed by atoms with Crippen molar-refractivity contribution in [3.8, 4) is 0 Å². The molecule has 0 bridgehead atoms. The van der Waals surface area contributed by atoms with Gasteiger partial charge in [0.15, 0.2) is 0 Å². The molecule has 0 spiro atoms. The summed E-state index contributed by atoms with van der Waals surface area (Å²) in [5.41, 5.74) is 7.76. The minimum atomic E-state index is -1.16. The molecule has 1 fully saturated rings. The Labute approximate surface area is 193 Å². The van der Waals surface area contributed by atoms with Crippen LogP contribution in [0.15, 0.2) is 48.0 Å². The number of hydrogen-bond acceptors (Lipinski definition) is 3. The van der Waals surface area contributed by atoms with E-state index in [2.05, 4.69) is 15.8 Å². The topological polar surface area (TPSA) is 94.2 Å². The van der Waals surface area contributed by atoms with E-state index < -0.39 is 5.97 Å². The average Bonchev–Trinajstić information content (AvgIpc) is 3.21. The van der Waals surface area contributed by atoms with Gasteiger partial charge in [0, 0.05) is 39.2 Å². The van der Waals surface area contributed by atoms with Crippen LogP contribution in [0.3, 0.4) is 0 Å². The van der Waals surface area contributed by atoms with E-state index in [-0.39, 0.29) is 49.1 Å². The third kappa shape index (κ3) is 3.59. The molecule has 6 nitrogen and oxygen atoms in total. The molecule has 9 heteroatoms. The molecule has 4 N–H and O–H groups in total. The number of hydrazine groups is 1. The summed E-state index contributed by atoms with van der Waals surface area (Å²) >= 11 is 12.5. The van der Waals surface area contributed by atoms with Crippen molar-refractivity contribution in [2.24, 2.45) is 0 Å². The van der Waals surface area contributed by atoms with E-state index in [0.717, 1.165) is 0 Å². The SMILES string of the molecule is O=C1NNCC1=C(c1ccccc1)c1c(C(=O)O)[nH]c2cc(Cl)cc(Cl)c12.[H-].[Na+]. The van der Waals surface area contributed by atoms with Crippen LogP contribution >= 0.6 is 23.2 Å². The standard InChI is InChI=1S/C19H13Cl2N3O3.Na.H/c20-10-6-12(21)15-13(7-10)23-17(19(26)27)16(15)14(9-4-2-1-3-5-9)11-8-22-24-18(11)25;;/h1-7,22-23H,8H2,(H,24,25)(H,26,27);;/q;+1;-1. The first-order chi connectivity index (χ1) is 13.0. The summed E-state index contributed by atoms with van der Waals surface area (Å²) in [6.45, 7) is 0.250. The van der Waals surface area contributed by atoms with E-state index >= 15 is 0 Å². The molecule has 0 saturated carbocycles. The van der Waals surface area contributed by atoms with Crippen LogP contribution in [-0.2, 0) is 4.79 Å². The van der Waals surface area contributed by atoms with Gasteiger partial charge in [0.2, 0.25) is 0 Å². The van der Waals surface area contributed by atoms with Crippen molar-refractivity contribution in [3.05, 3.63) is 74.9 Å². The number of carbonyl (C=O) groups excluding carboxylic acids is 1. The zero-order chi connectivity index (χ0) is 19.1. The Morgan fingerprint density at radius 3 is 2.46 bits per heavy atom. The Kier molecular flexibility index (Phi) is 6.19. The van der Waals surface area contributed by atoms with Gasteiger partial charge >= 0.3 is 35.5 Å². The van der Waals surface area contributed by atoms with Crippen molar-refractivity contribution in [2.45, 2.75) is 0 Å². The molecule has 0 unspecified atom stereocenters. The minimum Gasteiger partial charge on any atom is -1.00 e. The predicted octanol–water partition coefficient (Wildman–Crippen LogP) is 0.726. The Morgan fingerprint density at radius 2 is 1.86 bits per heavy atom. The summed E-state index contributed by atoms with van der Waals surface area (Å²) in [5, 5.41) is 11.0. The summed E-state index contributed by atoms with van der Waals surface area (Å²) < 4.78 is 0. The maximum absolute atomic E-state index is 12.4. The Morgan fingerprint density at radius 1 is 1.14 bits per heavy atom. The molecule has 2 heterocycles. The number of fused-ring (bicyclic) bond motifs is 1. The number of aromatic carboxylic acids is 1. The molecule has 138 valence electrons. The number of amides is 1. The Balaban J connectivity index is 0.00000150. The number of H-pyrrole nitrogens is 1. The predicted molar refractivity (Wildman–Crippen MR) is 105 cm³/mol. The van der Waals surface area contributed by atoms with Gasteiger partial charge in [-0.3, -0.25) is 10.2 Å². The molecular formula is C19H14Cl2N3NaO3. The van der Waals surface area contributed by atoms with Gasteiger partial charge in [0.25, 0.3) is 5.91 Å². The van der Waals surface area contributed by atoms with Gasteiger partial charge in [0.05, 0.1) is 5.02 Å². The van der Waals surface area contributed by atoms with Crippen molar-refractivity contribution in [2.75, 3.05) is 6.54 Å². The number of carbonyl (C=O) groups is 2. The van der Waals surface area contributed by atoms with Crippen molar-refractivity contribution < 1.29 is 45.7 Å². The van der Waals surface area contributed by atoms with Crippen molar-refractivity contribution in [3.63, 3.8) is 0 Å². The molecule has 0 aliphatic carbocycles. The number of rotatable bonds is 3. The zero-order valence-corrected chi connectivity index (χ0v) is 18.3. The minimum absolute atomic E-state index is 0. The number of carboxylic acid groups (broad SMARTS) is 1. The van der Waals surface area contributed by atoms with Crippen LogP contribution in [-0.4, -0.2) is 28.5 Å². The van der Waals surface area contributed by atoms with Gasteiger partial charge in [-0.05, 0) is 17.7 Å². The molecule has 1 saturated heterocycles. The fourth-order valence-corrected chi connectivity index (χ4v) is 3.89. The molecule has 0 atom stereocenters. The fraction of sp³-hybridized carbons (Fsp3) is 0.0526. The smallest absolute Gasteiger partial charge is 1.00 e. The number of aromatic nitrogens is 1. The molecule has 1 aliphatic rings. The Hall–Kier alpha value is -1.80. The number of nitrogens with one attached hydrogen (secondary N) is 3. The summed E-state index contributed by atoms with van der Waals surface area (Å²) in [4.78, 5) is 27.3. The second kappa shape index (κ2) is 8.29. The van der Waals surface area contributed by atoms with Crippen molar-refractivity contribution >= 4 is 51.6 Å². The number of halogens is 2. The van der Waals surface area contributed by atoms with Crippen LogP contribution in [0.25, 0.3) is 16.5 Å². The molecule has 3 aromatic rings. The normalized spacial score (nSPS) is 15.3. The summed E-state index contributed by atoms with van der Waals surface area (Å²) in [6.07, 6.45) is 0. The Bertz CT molecular complexity index is 1130. The van der Waals surface area contributed by atoms with Crippen LogP contribution < -0.4 is 40.4 Å². The third-order valence-corrected chi connectivity index (χ3v) is 4.90. The molecule has 2 aromatic carbocycles. The largest absolute Gasteiger partial charge is 1.00 e. The number of hydrogen-bond donors (Lipinski definition) is 4. The average molecular weight is 426 g/mol. The summed E-state index contributed by atoms with van der Waals surface area (Å²) in [6, 6.07) is 12.3. The quantitative estimate of drug-likeness (QED) is 0.367. The van der Waals surface area contributed by atoms with Crippen LogP contribution in [0.4, 0.5) is 0 Å². The maximum Gasteiger partial charge on any atom is 1.00 e. The monoisotopic (exact) mass is 425 g/mol. The first-order valence-corrected chi connectivity index (χ1v) is 8.79. The first-order valence-electron chi connectivity index (χ1n) is 8.03. The van der Waals surface area contributed by atoms with E-state index in [9.17, 15) is 14.7 Å². The van der Waals surface area contributed by atoms with Gasteiger partial charge in [0.1, 0.15) is 5.69 Å². The number of carboxylic acids is 1. The third-order valence-electron chi connectivity index (χ3n) is 4.38. The van der Waals surface area contributed by atoms with E-state index in [4.69, 9.17) is 23.2 Å². The number of aromatic amines is 1. The van der Waals surface area contributed by atoms with Crippen molar-refractivity contribution in [1.82, 2.24) is 15.8 Å². The molecule has 4 rings (SSSR count). The van der Waals surface area contributed by atoms with E-state index in [1.807, 2.05) is 30.3 Å². The van der Waals surface area contributed by atoms with Crippen LogP contribution in [0.1, 0.15) is 23.0 Å². The first kappa shape index (κ1) is 20.9. The van der Waals surface area contributed by atoms with E-state index in [1.165, 1.54) is 0 Å². The van der Waals surface area contributed by atoms with Gasteiger partial charge in [-0.15, -0.1) is 0 Å². The van der Waals surface area contributed by atoms with Gasteiger partial charge in [-0.2, -0.15) is 0 Å². The van der Waals surface area contributed by atoms with Crippen LogP contribution in [0, 0.1) is 0 Å². The molecule has 28 heavy (non-hydrogen) atoms. The van der Waals surface area contributed by atoms with Gasteiger partial charge in [-0.25, -0.2) is 10.2 Å².